The van der Waals surface area contributed by atoms with E-state index in [0.717, 1.165) is 33.4 Å². The van der Waals surface area contributed by atoms with Crippen LogP contribution in [0.2, 0.25) is 0 Å². The lowest BCUT2D eigenvalue weighted by molar-refractivity contribution is -0.147. The van der Waals surface area contributed by atoms with Crippen molar-refractivity contribution >= 4 is 23.5 Å². The van der Waals surface area contributed by atoms with Gasteiger partial charge >= 0.3 is 11.9 Å². The third-order valence-electron chi connectivity index (χ3n) is 7.58. The summed E-state index contributed by atoms with van der Waals surface area (Å²) in [5, 5.41) is 2.73. The highest BCUT2D eigenvalue weighted by Gasteiger charge is 2.32. The van der Waals surface area contributed by atoms with E-state index >= 15 is 0 Å². The van der Waals surface area contributed by atoms with E-state index in [-0.39, 0.29) is 18.9 Å². The van der Waals surface area contributed by atoms with Crippen molar-refractivity contribution in [3.8, 4) is 23.0 Å². The van der Waals surface area contributed by atoms with E-state index in [1.165, 1.54) is 7.11 Å². The van der Waals surface area contributed by atoms with Crippen LogP contribution in [0.1, 0.15) is 51.9 Å². The zero-order valence-corrected chi connectivity index (χ0v) is 24.0. The monoisotopic (exact) mass is 572 g/mol. The van der Waals surface area contributed by atoms with Gasteiger partial charge in [-0.15, -0.1) is 0 Å². The molecule has 0 fully saturated rings. The van der Waals surface area contributed by atoms with E-state index in [4.69, 9.17) is 15.2 Å². The van der Waals surface area contributed by atoms with Crippen LogP contribution in [0.15, 0.2) is 97.1 Å². The Morgan fingerprint density at radius 2 is 1.35 bits per heavy atom. The summed E-state index contributed by atoms with van der Waals surface area (Å²) in [4.78, 5) is 38.6. The molecular formula is C36H32N2O5. The summed E-state index contributed by atoms with van der Waals surface area (Å²) in [5.74, 6) is 3.90. The first kappa shape index (κ1) is 29.2. The number of nitrogens with two attached hydrogens (primary N) is 1. The molecule has 5 rings (SSSR count). The lowest BCUT2D eigenvalue weighted by atomic mass is 9.97. The molecule has 0 aromatic heterocycles. The Balaban J connectivity index is 1.20. The molecule has 0 spiro atoms. The third kappa shape index (κ3) is 6.77. The smallest absolute Gasteiger partial charge is 0.328 e. The van der Waals surface area contributed by atoms with Gasteiger partial charge in [-0.1, -0.05) is 67.3 Å². The number of carbonyl (C=O) groups excluding carboxylic acids is 3. The number of nitrogen functional groups attached to an aromatic ring is 1. The maximum atomic E-state index is 13.0. The minimum atomic E-state index is -1.04. The van der Waals surface area contributed by atoms with E-state index in [1.807, 2.05) is 36.4 Å². The molecule has 1 aliphatic carbocycles. The van der Waals surface area contributed by atoms with Gasteiger partial charge < -0.3 is 20.5 Å². The largest absolute Gasteiger partial charge is 0.467 e. The quantitative estimate of drug-likeness (QED) is 0.168. The number of fused-ring (bicyclic) bond motifs is 3. The minimum absolute atomic E-state index is 0.0677. The SMILES string of the molecule is COC(=O)[C@@H](NC(=O)c1ccc(C#Cc2ccc(N)cc2)cc1)[C@@H](C)CC(=O)OCC1c2ccccc2-c2ccccc21. The number of hydrogen-bond acceptors (Lipinski definition) is 6. The molecule has 7 nitrogen and oxygen atoms in total. The summed E-state index contributed by atoms with van der Waals surface area (Å²) in [7, 11) is 1.25. The summed E-state index contributed by atoms with van der Waals surface area (Å²) < 4.78 is 10.7. The number of benzene rings is 4. The third-order valence-corrected chi connectivity index (χ3v) is 7.58. The van der Waals surface area contributed by atoms with Gasteiger partial charge in [-0.25, -0.2) is 4.79 Å². The van der Waals surface area contributed by atoms with E-state index in [0.29, 0.717) is 11.3 Å². The van der Waals surface area contributed by atoms with Crippen molar-refractivity contribution in [3.05, 3.63) is 125 Å². The second-order valence-corrected chi connectivity index (χ2v) is 10.5. The topological polar surface area (TPSA) is 108 Å². The molecule has 0 saturated carbocycles. The second kappa shape index (κ2) is 13.1. The summed E-state index contributed by atoms with van der Waals surface area (Å²) >= 11 is 0. The van der Waals surface area contributed by atoms with Crippen LogP contribution in [0.3, 0.4) is 0 Å². The highest BCUT2D eigenvalue weighted by molar-refractivity contribution is 5.97. The van der Waals surface area contributed by atoms with Gasteiger partial charge in [0.1, 0.15) is 12.6 Å². The molecule has 216 valence electrons. The van der Waals surface area contributed by atoms with Gasteiger partial charge in [0.05, 0.1) is 13.5 Å². The van der Waals surface area contributed by atoms with Gasteiger partial charge in [-0.2, -0.15) is 0 Å². The molecule has 4 aromatic rings. The maximum absolute atomic E-state index is 13.0. The Hall–Kier alpha value is -5.35. The number of ether oxygens (including phenoxy) is 2. The van der Waals surface area contributed by atoms with E-state index in [1.54, 1.807) is 43.3 Å². The molecule has 7 heteroatoms. The molecule has 0 saturated heterocycles. The fourth-order valence-corrected chi connectivity index (χ4v) is 5.26. The van der Waals surface area contributed by atoms with Crippen molar-refractivity contribution in [2.75, 3.05) is 19.5 Å². The molecule has 4 aromatic carbocycles. The number of anilines is 1. The Labute approximate surface area is 251 Å². The fraction of sp³-hybridized carbons (Fsp3) is 0.194. The highest BCUT2D eigenvalue weighted by atomic mass is 16.5. The first-order valence-corrected chi connectivity index (χ1v) is 14.0. The number of carbonyl (C=O) groups is 3. The zero-order valence-electron chi connectivity index (χ0n) is 24.0. The van der Waals surface area contributed by atoms with Crippen LogP contribution in [0, 0.1) is 17.8 Å². The number of esters is 2. The molecule has 1 amide bonds. The lowest BCUT2D eigenvalue weighted by Gasteiger charge is -2.23. The van der Waals surface area contributed by atoms with Gasteiger partial charge in [-0.3, -0.25) is 9.59 Å². The fourth-order valence-electron chi connectivity index (χ4n) is 5.26. The number of methoxy groups -OCH3 is 1. The Kier molecular flexibility index (Phi) is 8.88. The van der Waals surface area contributed by atoms with Crippen molar-refractivity contribution in [2.45, 2.75) is 25.3 Å². The van der Waals surface area contributed by atoms with Crippen LogP contribution < -0.4 is 11.1 Å². The molecule has 0 bridgehead atoms. The summed E-state index contributed by atoms with van der Waals surface area (Å²) in [6, 6.07) is 29.1. The first-order chi connectivity index (χ1) is 20.8. The average molecular weight is 573 g/mol. The highest BCUT2D eigenvalue weighted by Crippen LogP contribution is 2.44. The van der Waals surface area contributed by atoms with Crippen LogP contribution in [0.4, 0.5) is 5.69 Å². The van der Waals surface area contributed by atoms with Gasteiger partial charge in [0.15, 0.2) is 0 Å². The van der Waals surface area contributed by atoms with Gasteiger partial charge in [0, 0.05) is 28.3 Å². The average Bonchev–Trinajstić information content (AvgIpc) is 3.35. The number of nitrogens with one attached hydrogen (secondary N) is 1. The molecule has 43 heavy (non-hydrogen) atoms. The van der Waals surface area contributed by atoms with Crippen molar-refractivity contribution in [2.24, 2.45) is 5.92 Å². The molecule has 1 aliphatic rings. The Morgan fingerprint density at radius 1 is 0.814 bits per heavy atom. The molecule has 3 N–H and O–H groups in total. The number of hydrogen-bond donors (Lipinski definition) is 2. The molecule has 2 atom stereocenters. The van der Waals surface area contributed by atoms with Crippen LogP contribution in [0.5, 0.6) is 0 Å². The Bertz CT molecular complexity index is 1650. The standard InChI is InChI=1S/C36H32N2O5/c1-23(21-33(39)43-22-32-30-9-5-3-7-28(30)29-8-4-6-10-31(29)32)34(36(41)42-2)38-35(40)26-17-13-24(14-18-26)11-12-25-15-19-27(37)20-16-25/h3-10,13-20,23,32,34H,21-22,37H2,1-2H3,(H,38,40)/t23-,34-/m0/s1. The van der Waals surface area contributed by atoms with Crippen molar-refractivity contribution in [1.29, 1.82) is 0 Å². The molecule has 0 heterocycles. The van der Waals surface area contributed by atoms with Crippen LogP contribution in [0.25, 0.3) is 11.1 Å². The zero-order chi connectivity index (χ0) is 30.3. The molecule has 0 unspecified atom stereocenters. The van der Waals surface area contributed by atoms with Gasteiger partial charge in [-0.05, 0) is 76.7 Å². The van der Waals surface area contributed by atoms with E-state index in [2.05, 4.69) is 41.4 Å². The van der Waals surface area contributed by atoms with Crippen molar-refractivity contribution in [1.82, 2.24) is 5.32 Å². The first-order valence-electron chi connectivity index (χ1n) is 14.0. The summed E-state index contributed by atoms with van der Waals surface area (Å²) in [6.45, 7) is 1.89. The Morgan fingerprint density at radius 3 is 1.91 bits per heavy atom. The van der Waals surface area contributed by atoms with Crippen molar-refractivity contribution < 1.29 is 23.9 Å². The summed E-state index contributed by atoms with van der Waals surface area (Å²) in [6.07, 6.45) is -0.0737. The van der Waals surface area contributed by atoms with Gasteiger partial charge in [0.25, 0.3) is 5.91 Å². The predicted octanol–water partition coefficient (Wildman–Crippen LogP) is 5.32. The van der Waals surface area contributed by atoms with Crippen LogP contribution >= 0.6 is 0 Å². The van der Waals surface area contributed by atoms with Crippen molar-refractivity contribution in [3.63, 3.8) is 0 Å². The number of rotatable bonds is 8. The lowest BCUT2D eigenvalue weighted by Crippen LogP contribution is -2.46. The normalized spacial score (nSPS) is 13.0. The molecular weight excluding hydrogens is 540 g/mol. The predicted molar refractivity (Wildman–Crippen MR) is 165 cm³/mol. The van der Waals surface area contributed by atoms with Gasteiger partial charge in [0.2, 0.25) is 0 Å². The molecule has 0 radical (unpaired) electrons. The van der Waals surface area contributed by atoms with Crippen LogP contribution in [-0.2, 0) is 19.1 Å². The molecule has 0 aliphatic heterocycles. The maximum Gasteiger partial charge on any atom is 0.328 e. The summed E-state index contributed by atoms with van der Waals surface area (Å²) in [5.41, 5.74) is 12.8. The van der Waals surface area contributed by atoms with E-state index < -0.39 is 29.8 Å². The number of amides is 1. The van der Waals surface area contributed by atoms with Crippen LogP contribution in [-0.4, -0.2) is 37.6 Å². The van der Waals surface area contributed by atoms with E-state index in [9.17, 15) is 14.4 Å². The minimum Gasteiger partial charge on any atom is -0.467 e. The second-order valence-electron chi connectivity index (χ2n) is 10.5.